The molecule has 4 fully saturated rings. The van der Waals surface area contributed by atoms with Crippen molar-refractivity contribution in [1.82, 2.24) is 0 Å². The lowest BCUT2D eigenvalue weighted by atomic mass is 9.48. The van der Waals surface area contributed by atoms with Gasteiger partial charge < -0.3 is 9.84 Å². The number of rotatable bonds is 6. The topological polar surface area (TPSA) is 58.9 Å². The Labute approximate surface area is 178 Å². The molecule has 2 aromatic carbocycles. The predicted molar refractivity (Wildman–Crippen MR) is 118 cm³/mol. The molecule has 0 amide bonds. The van der Waals surface area contributed by atoms with Crippen LogP contribution in [0.2, 0.25) is 0 Å². The standard InChI is InChI=1S/C26H29NO3/c1-17(25(28)29)30-24-8-2-18(3-9-24)16-27-23-6-4-22(5-7-23)26-13-19-10-20(14-26)12-21(11-19)15-26/h2-9,16-17,19-21H,10-15H2,1H3,(H,28,29)/t17-,19?,20?,21?,26?/m0/s1. The van der Waals surface area contributed by atoms with E-state index >= 15 is 0 Å². The van der Waals surface area contributed by atoms with Crippen LogP contribution in [0.5, 0.6) is 5.75 Å². The number of nitrogens with zero attached hydrogens (tertiary/aromatic N) is 1. The van der Waals surface area contributed by atoms with Gasteiger partial charge in [-0.15, -0.1) is 0 Å². The molecule has 156 valence electrons. The van der Waals surface area contributed by atoms with E-state index in [-0.39, 0.29) is 0 Å². The molecule has 4 aliphatic rings. The first kappa shape index (κ1) is 19.3. The zero-order chi connectivity index (χ0) is 20.7. The third-order valence-electron chi connectivity index (χ3n) is 7.42. The summed E-state index contributed by atoms with van der Waals surface area (Å²) in [6.45, 7) is 1.52. The van der Waals surface area contributed by atoms with Crippen molar-refractivity contribution in [2.24, 2.45) is 22.7 Å². The van der Waals surface area contributed by atoms with Crippen molar-refractivity contribution in [3.8, 4) is 5.75 Å². The molecule has 2 aromatic rings. The van der Waals surface area contributed by atoms with Crippen LogP contribution in [0.1, 0.15) is 56.6 Å². The Morgan fingerprint density at radius 1 is 1.00 bits per heavy atom. The first-order valence-electron chi connectivity index (χ1n) is 11.1. The zero-order valence-electron chi connectivity index (χ0n) is 17.5. The summed E-state index contributed by atoms with van der Waals surface area (Å²) in [6, 6.07) is 16.2. The summed E-state index contributed by atoms with van der Waals surface area (Å²) < 4.78 is 5.36. The molecular formula is C26H29NO3. The Kier molecular flexibility index (Phi) is 4.88. The molecule has 4 bridgehead atoms. The maximum atomic E-state index is 10.9. The van der Waals surface area contributed by atoms with E-state index in [1.54, 1.807) is 12.1 Å². The van der Waals surface area contributed by atoms with Gasteiger partial charge in [-0.25, -0.2) is 4.79 Å². The quantitative estimate of drug-likeness (QED) is 0.624. The minimum Gasteiger partial charge on any atom is -0.479 e. The molecular weight excluding hydrogens is 374 g/mol. The Hall–Kier alpha value is -2.62. The van der Waals surface area contributed by atoms with Gasteiger partial charge in [0, 0.05) is 6.21 Å². The SMILES string of the molecule is C[C@H](Oc1ccc(C=Nc2ccc(C34CC5CC(CC(C5)C3)C4)cc2)cc1)C(=O)O. The van der Waals surface area contributed by atoms with Crippen LogP contribution < -0.4 is 4.74 Å². The summed E-state index contributed by atoms with van der Waals surface area (Å²) in [5, 5.41) is 8.93. The molecule has 1 atom stereocenters. The van der Waals surface area contributed by atoms with Crippen LogP contribution in [-0.4, -0.2) is 23.4 Å². The van der Waals surface area contributed by atoms with Crippen LogP contribution in [0.3, 0.4) is 0 Å². The summed E-state index contributed by atoms with van der Waals surface area (Å²) >= 11 is 0. The normalized spacial score (nSPS) is 30.5. The number of carbonyl (C=O) groups is 1. The number of hydrogen-bond donors (Lipinski definition) is 1. The average molecular weight is 404 g/mol. The van der Waals surface area contributed by atoms with E-state index in [2.05, 4.69) is 29.3 Å². The van der Waals surface area contributed by atoms with Gasteiger partial charge in [-0.2, -0.15) is 0 Å². The van der Waals surface area contributed by atoms with E-state index in [0.29, 0.717) is 11.2 Å². The highest BCUT2D eigenvalue weighted by molar-refractivity contribution is 5.82. The zero-order valence-corrected chi connectivity index (χ0v) is 17.5. The van der Waals surface area contributed by atoms with Crippen molar-refractivity contribution in [3.63, 3.8) is 0 Å². The first-order valence-corrected chi connectivity index (χ1v) is 11.1. The van der Waals surface area contributed by atoms with E-state index in [1.165, 1.54) is 51.0 Å². The van der Waals surface area contributed by atoms with E-state index in [9.17, 15) is 4.79 Å². The molecule has 0 unspecified atom stereocenters. The highest BCUT2D eigenvalue weighted by atomic mass is 16.5. The summed E-state index contributed by atoms with van der Waals surface area (Å²) in [5.41, 5.74) is 3.87. The van der Waals surface area contributed by atoms with Gasteiger partial charge in [0.2, 0.25) is 0 Å². The second-order valence-electron chi connectivity index (χ2n) is 9.67. The lowest BCUT2D eigenvalue weighted by Gasteiger charge is -2.57. The lowest BCUT2D eigenvalue weighted by molar-refractivity contribution is -0.144. The summed E-state index contributed by atoms with van der Waals surface area (Å²) in [4.78, 5) is 15.5. The van der Waals surface area contributed by atoms with E-state index in [1.807, 2.05) is 18.3 Å². The highest BCUT2D eigenvalue weighted by Gasteiger charge is 2.51. The van der Waals surface area contributed by atoms with Crippen LogP contribution in [0.15, 0.2) is 53.5 Å². The van der Waals surface area contributed by atoms with Crippen LogP contribution in [0.4, 0.5) is 5.69 Å². The Balaban J connectivity index is 1.25. The number of benzene rings is 2. The summed E-state index contributed by atoms with van der Waals surface area (Å²) in [6.07, 6.45) is 9.55. The van der Waals surface area contributed by atoms with Gasteiger partial charge >= 0.3 is 5.97 Å². The third kappa shape index (κ3) is 3.76. The van der Waals surface area contributed by atoms with Crippen LogP contribution >= 0.6 is 0 Å². The molecule has 4 aliphatic carbocycles. The van der Waals surface area contributed by atoms with Crippen molar-refractivity contribution in [3.05, 3.63) is 59.7 Å². The number of carboxylic acids is 1. The Morgan fingerprint density at radius 2 is 1.57 bits per heavy atom. The number of aliphatic imine (C=N–C) groups is 1. The molecule has 4 saturated carbocycles. The molecule has 0 saturated heterocycles. The lowest BCUT2D eigenvalue weighted by Crippen LogP contribution is -2.48. The van der Waals surface area contributed by atoms with Gasteiger partial charge in [0.15, 0.2) is 6.10 Å². The van der Waals surface area contributed by atoms with Crippen LogP contribution in [0.25, 0.3) is 0 Å². The largest absolute Gasteiger partial charge is 0.479 e. The van der Waals surface area contributed by atoms with Crippen LogP contribution in [0, 0.1) is 17.8 Å². The highest BCUT2D eigenvalue weighted by Crippen LogP contribution is 2.60. The number of ether oxygens (including phenoxy) is 1. The maximum Gasteiger partial charge on any atom is 0.344 e. The molecule has 1 N–H and O–H groups in total. The minimum atomic E-state index is -0.974. The van der Waals surface area contributed by atoms with E-state index in [0.717, 1.165) is 29.0 Å². The van der Waals surface area contributed by atoms with Gasteiger partial charge in [0.1, 0.15) is 5.75 Å². The van der Waals surface area contributed by atoms with Gasteiger partial charge in [-0.05, 0) is 116 Å². The fraction of sp³-hybridized carbons (Fsp3) is 0.462. The Morgan fingerprint density at radius 3 is 2.10 bits per heavy atom. The van der Waals surface area contributed by atoms with Crippen molar-refractivity contribution in [2.45, 2.75) is 57.0 Å². The van der Waals surface area contributed by atoms with Crippen molar-refractivity contribution in [1.29, 1.82) is 0 Å². The minimum absolute atomic E-state index is 0.430. The monoisotopic (exact) mass is 403 g/mol. The fourth-order valence-corrected chi connectivity index (χ4v) is 6.40. The van der Waals surface area contributed by atoms with Gasteiger partial charge in [0.05, 0.1) is 5.69 Å². The van der Waals surface area contributed by atoms with Crippen molar-refractivity contribution >= 4 is 17.9 Å². The molecule has 4 heteroatoms. The molecule has 0 radical (unpaired) electrons. The molecule has 0 spiro atoms. The maximum absolute atomic E-state index is 10.9. The summed E-state index contributed by atoms with van der Waals surface area (Å²) in [5.74, 6) is 2.44. The van der Waals surface area contributed by atoms with Gasteiger partial charge in [-0.1, -0.05) is 12.1 Å². The second kappa shape index (κ2) is 7.57. The second-order valence-corrected chi connectivity index (χ2v) is 9.67. The number of aliphatic carboxylic acids is 1. The average Bonchev–Trinajstić information content (AvgIpc) is 2.72. The predicted octanol–water partition coefficient (Wildman–Crippen LogP) is 5.76. The van der Waals surface area contributed by atoms with Gasteiger partial charge in [-0.3, -0.25) is 4.99 Å². The fourth-order valence-electron chi connectivity index (χ4n) is 6.40. The van der Waals surface area contributed by atoms with Crippen LogP contribution in [-0.2, 0) is 10.2 Å². The number of hydrogen-bond acceptors (Lipinski definition) is 3. The molecule has 30 heavy (non-hydrogen) atoms. The number of carboxylic acid groups (broad SMARTS) is 1. The van der Waals surface area contributed by atoms with Crippen molar-refractivity contribution < 1.29 is 14.6 Å². The third-order valence-corrected chi connectivity index (χ3v) is 7.42. The van der Waals surface area contributed by atoms with Crippen molar-refractivity contribution in [2.75, 3.05) is 0 Å². The molecule has 6 rings (SSSR count). The molecule has 0 heterocycles. The first-order chi connectivity index (χ1) is 14.5. The van der Waals surface area contributed by atoms with E-state index < -0.39 is 12.1 Å². The van der Waals surface area contributed by atoms with Gasteiger partial charge in [0.25, 0.3) is 0 Å². The molecule has 4 nitrogen and oxygen atoms in total. The Bertz CT molecular complexity index is 910. The smallest absolute Gasteiger partial charge is 0.344 e. The summed E-state index contributed by atoms with van der Waals surface area (Å²) in [7, 11) is 0. The molecule has 0 aromatic heterocycles. The van der Waals surface area contributed by atoms with E-state index in [4.69, 9.17) is 9.84 Å². The molecule has 0 aliphatic heterocycles.